The van der Waals surface area contributed by atoms with Crippen molar-refractivity contribution in [3.05, 3.63) is 30.0 Å². The lowest BCUT2D eigenvalue weighted by Gasteiger charge is -2.34. The highest BCUT2D eigenvalue weighted by Crippen LogP contribution is 2.24. The van der Waals surface area contributed by atoms with Crippen molar-refractivity contribution in [2.75, 3.05) is 0 Å². The molecule has 0 aliphatic heterocycles. The van der Waals surface area contributed by atoms with Crippen LogP contribution < -0.4 is 10.6 Å². The first kappa shape index (κ1) is 20.8. The van der Waals surface area contributed by atoms with Gasteiger partial charge in [-0.25, -0.2) is 0 Å². The number of hydrogen-bond acceptors (Lipinski definition) is 4. The van der Waals surface area contributed by atoms with Crippen molar-refractivity contribution >= 4 is 22.7 Å². The number of benzene rings is 1. The maximum absolute atomic E-state index is 13.1. The van der Waals surface area contributed by atoms with E-state index in [9.17, 15) is 9.59 Å². The lowest BCUT2D eigenvalue weighted by molar-refractivity contribution is -0.126. The van der Waals surface area contributed by atoms with Gasteiger partial charge in [0.1, 0.15) is 6.04 Å². The molecule has 1 fully saturated rings. The second-order valence-corrected chi connectivity index (χ2v) is 8.76. The summed E-state index contributed by atoms with van der Waals surface area (Å²) >= 11 is 0. The minimum absolute atomic E-state index is 0.145. The third-order valence-electron chi connectivity index (χ3n) is 5.39. The van der Waals surface area contributed by atoms with E-state index < -0.39 is 11.5 Å². The molecule has 1 saturated carbocycles. The van der Waals surface area contributed by atoms with Crippen LogP contribution in [-0.4, -0.2) is 33.7 Å². The van der Waals surface area contributed by atoms with Crippen LogP contribution in [0.15, 0.2) is 24.3 Å². The molecule has 29 heavy (non-hydrogen) atoms. The Labute approximate surface area is 171 Å². The van der Waals surface area contributed by atoms with Crippen molar-refractivity contribution in [3.63, 3.8) is 0 Å². The topological polar surface area (TPSA) is 99.8 Å². The van der Waals surface area contributed by atoms with Gasteiger partial charge in [0.25, 0.3) is 5.91 Å². The van der Waals surface area contributed by atoms with Gasteiger partial charge in [-0.05, 0) is 37.2 Å². The summed E-state index contributed by atoms with van der Waals surface area (Å²) in [5.41, 5.74) is 0.722. The van der Waals surface area contributed by atoms with E-state index >= 15 is 0 Å². The van der Waals surface area contributed by atoms with Crippen molar-refractivity contribution in [3.8, 4) is 6.07 Å². The van der Waals surface area contributed by atoms with Crippen LogP contribution in [0.2, 0.25) is 0 Å². The smallest absolute Gasteiger partial charge is 0.273 e. The normalized spacial score (nSPS) is 15.4. The number of fused-ring (bicyclic) bond motifs is 1. The number of hydrogen-bond donors (Lipinski definition) is 2. The number of amides is 2. The maximum Gasteiger partial charge on any atom is 0.273 e. The van der Waals surface area contributed by atoms with E-state index in [4.69, 9.17) is 5.26 Å². The number of aromatic nitrogens is 2. The number of unbranched alkanes of at least 4 members (excludes halogenated alkanes) is 1. The lowest BCUT2D eigenvalue weighted by atomic mass is 9.85. The molecule has 7 nitrogen and oxygen atoms in total. The molecule has 0 spiro atoms. The van der Waals surface area contributed by atoms with Crippen LogP contribution in [0.25, 0.3) is 10.9 Å². The van der Waals surface area contributed by atoms with E-state index in [-0.39, 0.29) is 17.9 Å². The van der Waals surface area contributed by atoms with E-state index in [1.165, 1.54) is 0 Å². The van der Waals surface area contributed by atoms with Crippen molar-refractivity contribution in [1.82, 2.24) is 20.4 Å². The van der Waals surface area contributed by atoms with E-state index in [0.717, 1.165) is 30.2 Å². The molecule has 1 atom stereocenters. The molecule has 0 bridgehead atoms. The number of rotatable bonds is 7. The van der Waals surface area contributed by atoms with Gasteiger partial charge in [0.05, 0.1) is 11.6 Å². The predicted octanol–water partition coefficient (Wildman–Crippen LogP) is 3.15. The van der Waals surface area contributed by atoms with Gasteiger partial charge in [-0.2, -0.15) is 10.4 Å². The fraction of sp³-hybridized carbons (Fsp3) is 0.545. The minimum Gasteiger partial charge on any atom is -0.352 e. The van der Waals surface area contributed by atoms with Crippen molar-refractivity contribution in [2.45, 2.75) is 71.5 Å². The van der Waals surface area contributed by atoms with Crippen molar-refractivity contribution < 1.29 is 9.59 Å². The average molecular weight is 396 g/mol. The quantitative estimate of drug-likeness (QED) is 0.703. The zero-order chi connectivity index (χ0) is 21.0. The number of nitriles is 1. The summed E-state index contributed by atoms with van der Waals surface area (Å²) in [5, 5.41) is 20.0. The summed E-state index contributed by atoms with van der Waals surface area (Å²) in [4.78, 5) is 25.9. The monoisotopic (exact) mass is 395 g/mol. The molecule has 1 aliphatic carbocycles. The third kappa shape index (κ3) is 4.76. The molecule has 154 valence electrons. The lowest BCUT2D eigenvalue weighted by Crippen LogP contribution is -2.56. The molecule has 1 heterocycles. The Kier molecular flexibility index (Phi) is 6.21. The molecule has 2 N–H and O–H groups in total. The van der Waals surface area contributed by atoms with Gasteiger partial charge in [0, 0.05) is 24.4 Å². The maximum atomic E-state index is 13.1. The molecular weight excluding hydrogens is 366 g/mol. The SMILES string of the molecule is CC(C)(C)[C@H](NC(=O)c1nn(CCCC#N)c2ccccc12)C(=O)NC1CCC1. The van der Waals surface area contributed by atoms with Gasteiger partial charge in [0.2, 0.25) is 5.91 Å². The molecule has 7 heteroatoms. The van der Waals surface area contributed by atoms with Crippen LogP contribution in [0, 0.1) is 16.7 Å². The van der Waals surface area contributed by atoms with Crippen LogP contribution in [0.1, 0.15) is 63.4 Å². The van der Waals surface area contributed by atoms with E-state index in [1.807, 2.05) is 45.0 Å². The van der Waals surface area contributed by atoms with Crippen molar-refractivity contribution in [1.29, 1.82) is 5.26 Å². The number of nitrogens with zero attached hydrogens (tertiary/aromatic N) is 3. The van der Waals surface area contributed by atoms with E-state index in [0.29, 0.717) is 25.1 Å². The molecule has 1 aromatic heterocycles. The zero-order valence-electron chi connectivity index (χ0n) is 17.4. The zero-order valence-corrected chi connectivity index (χ0v) is 17.4. The van der Waals surface area contributed by atoms with E-state index in [1.54, 1.807) is 4.68 Å². The third-order valence-corrected chi connectivity index (χ3v) is 5.39. The minimum atomic E-state index is -0.655. The number of aryl methyl sites for hydroxylation is 1. The molecular formula is C22H29N5O2. The van der Waals surface area contributed by atoms with Gasteiger partial charge in [-0.3, -0.25) is 14.3 Å². The molecule has 0 radical (unpaired) electrons. The Morgan fingerprint density at radius 1 is 1.31 bits per heavy atom. The second-order valence-electron chi connectivity index (χ2n) is 8.76. The molecule has 0 unspecified atom stereocenters. The summed E-state index contributed by atoms with van der Waals surface area (Å²) < 4.78 is 1.77. The first-order valence-electron chi connectivity index (χ1n) is 10.2. The van der Waals surface area contributed by atoms with Crippen molar-refractivity contribution in [2.24, 2.45) is 5.41 Å². The highest BCUT2D eigenvalue weighted by molar-refractivity contribution is 6.06. The number of para-hydroxylation sites is 1. The number of carbonyl (C=O) groups is 2. The summed E-state index contributed by atoms with van der Waals surface area (Å²) in [7, 11) is 0. The van der Waals surface area contributed by atoms with Gasteiger partial charge < -0.3 is 10.6 Å². The molecule has 1 aromatic carbocycles. The number of nitrogens with one attached hydrogen (secondary N) is 2. The predicted molar refractivity (Wildman–Crippen MR) is 111 cm³/mol. The van der Waals surface area contributed by atoms with Crippen LogP contribution in [0.4, 0.5) is 0 Å². The van der Waals surface area contributed by atoms with Gasteiger partial charge in [0.15, 0.2) is 5.69 Å². The fourth-order valence-corrected chi connectivity index (χ4v) is 3.49. The second kappa shape index (κ2) is 8.64. The number of carbonyl (C=O) groups excluding carboxylic acids is 2. The molecule has 2 amide bonds. The molecule has 3 rings (SSSR count). The summed E-state index contributed by atoms with van der Waals surface area (Å²) in [6.45, 7) is 6.39. The van der Waals surface area contributed by atoms with Gasteiger partial charge in [-0.15, -0.1) is 0 Å². The van der Waals surface area contributed by atoms with Crippen LogP contribution in [-0.2, 0) is 11.3 Å². The Hall–Kier alpha value is -2.88. The Morgan fingerprint density at radius 3 is 2.66 bits per heavy atom. The van der Waals surface area contributed by atoms with Gasteiger partial charge >= 0.3 is 0 Å². The molecule has 0 saturated heterocycles. The standard InChI is InChI=1S/C22H29N5O2/c1-22(2,3)19(21(29)24-15-9-8-10-15)25-20(28)18-16-11-4-5-12-17(16)27(26-18)14-7-6-13-23/h4-5,11-12,15,19H,6-10,14H2,1-3H3,(H,24,29)(H,25,28)/t19-/m1/s1. The molecule has 2 aromatic rings. The van der Waals surface area contributed by atoms with Crippen LogP contribution in [0.5, 0.6) is 0 Å². The highest BCUT2D eigenvalue weighted by Gasteiger charge is 2.35. The first-order chi connectivity index (χ1) is 13.8. The summed E-state index contributed by atoms with van der Waals surface area (Å²) in [5.74, 6) is -0.503. The average Bonchev–Trinajstić information content (AvgIpc) is 3.01. The Morgan fingerprint density at radius 2 is 2.03 bits per heavy atom. The first-order valence-corrected chi connectivity index (χ1v) is 10.2. The van der Waals surface area contributed by atoms with Crippen LogP contribution in [0.3, 0.4) is 0 Å². The fourth-order valence-electron chi connectivity index (χ4n) is 3.49. The summed E-state index contributed by atoms with van der Waals surface area (Å²) in [6.07, 6.45) is 4.22. The Balaban J connectivity index is 1.83. The van der Waals surface area contributed by atoms with Gasteiger partial charge in [-0.1, -0.05) is 39.0 Å². The Bertz CT molecular complexity index is 931. The van der Waals surface area contributed by atoms with Crippen LogP contribution >= 0.6 is 0 Å². The largest absolute Gasteiger partial charge is 0.352 e. The van der Waals surface area contributed by atoms with E-state index in [2.05, 4.69) is 21.8 Å². The molecule has 1 aliphatic rings. The summed E-state index contributed by atoms with van der Waals surface area (Å²) in [6, 6.07) is 9.23. The highest BCUT2D eigenvalue weighted by atomic mass is 16.2.